The van der Waals surface area contributed by atoms with E-state index in [-0.39, 0.29) is 0 Å². The standard InChI is InChI=1S/C15H26N4/c1-11(2)14-6-5-7-19(14)15-10-17-13(9-18-15)8-16-12(3)4/h9-12,14,16H,5-8H2,1-4H3. The van der Waals surface area contributed by atoms with E-state index in [0.717, 1.165) is 24.6 Å². The predicted octanol–water partition coefficient (Wildman–Crippen LogP) is 2.60. The number of rotatable bonds is 5. The number of hydrogen-bond donors (Lipinski definition) is 1. The fourth-order valence-corrected chi connectivity index (χ4v) is 2.67. The van der Waals surface area contributed by atoms with Gasteiger partial charge in [0.2, 0.25) is 0 Å². The molecule has 1 aliphatic heterocycles. The fraction of sp³-hybridized carbons (Fsp3) is 0.733. The van der Waals surface area contributed by atoms with Gasteiger partial charge in [-0.25, -0.2) is 4.98 Å². The average molecular weight is 262 g/mol. The van der Waals surface area contributed by atoms with E-state index >= 15 is 0 Å². The summed E-state index contributed by atoms with van der Waals surface area (Å²) >= 11 is 0. The van der Waals surface area contributed by atoms with Crippen molar-refractivity contribution in [3.05, 3.63) is 18.1 Å². The van der Waals surface area contributed by atoms with Crippen LogP contribution < -0.4 is 10.2 Å². The van der Waals surface area contributed by atoms with Crippen molar-refractivity contribution in [3.63, 3.8) is 0 Å². The fourth-order valence-electron chi connectivity index (χ4n) is 2.67. The molecule has 1 aromatic rings. The minimum absolute atomic E-state index is 0.477. The van der Waals surface area contributed by atoms with E-state index < -0.39 is 0 Å². The molecule has 0 saturated carbocycles. The first kappa shape index (κ1) is 14.3. The molecule has 106 valence electrons. The maximum absolute atomic E-state index is 4.59. The number of aromatic nitrogens is 2. The topological polar surface area (TPSA) is 41.1 Å². The molecule has 2 rings (SSSR count). The van der Waals surface area contributed by atoms with E-state index in [9.17, 15) is 0 Å². The van der Waals surface area contributed by atoms with E-state index in [0.29, 0.717) is 18.0 Å². The average Bonchev–Trinajstić information content (AvgIpc) is 2.86. The lowest BCUT2D eigenvalue weighted by Crippen LogP contribution is -2.34. The Labute approximate surface area is 116 Å². The van der Waals surface area contributed by atoms with Crippen LogP contribution in [0.4, 0.5) is 5.82 Å². The van der Waals surface area contributed by atoms with Crippen LogP contribution in [-0.2, 0) is 6.54 Å². The summed E-state index contributed by atoms with van der Waals surface area (Å²) < 4.78 is 0. The molecule has 4 heteroatoms. The van der Waals surface area contributed by atoms with E-state index in [4.69, 9.17) is 0 Å². The Bertz CT molecular complexity index is 386. The molecule has 4 nitrogen and oxygen atoms in total. The van der Waals surface area contributed by atoms with Gasteiger partial charge in [-0.3, -0.25) is 4.98 Å². The number of anilines is 1. The predicted molar refractivity (Wildman–Crippen MR) is 79.2 cm³/mol. The maximum Gasteiger partial charge on any atom is 0.147 e. The van der Waals surface area contributed by atoms with Crippen molar-refractivity contribution in [1.82, 2.24) is 15.3 Å². The van der Waals surface area contributed by atoms with Crippen molar-refractivity contribution >= 4 is 5.82 Å². The molecule has 0 aromatic carbocycles. The van der Waals surface area contributed by atoms with E-state index in [1.807, 2.05) is 12.4 Å². The molecule has 1 unspecified atom stereocenters. The lowest BCUT2D eigenvalue weighted by Gasteiger charge is -2.28. The zero-order valence-electron chi connectivity index (χ0n) is 12.6. The highest BCUT2D eigenvalue weighted by Crippen LogP contribution is 2.27. The summed E-state index contributed by atoms with van der Waals surface area (Å²) in [5, 5.41) is 3.36. The highest BCUT2D eigenvalue weighted by molar-refractivity contribution is 5.39. The molecule has 1 aliphatic rings. The molecule has 1 aromatic heterocycles. The van der Waals surface area contributed by atoms with Crippen molar-refractivity contribution in [2.45, 2.75) is 59.2 Å². The van der Waals surface area contributed by atoms with Crippen LogP contribution in [0, 0.1) is 5.92 Å². The van der Waals surface area contributed by atoms with Gasteiger partial charge in [0.15, 0.2) is 0 Å². The smallest absolute Gasteiger partial charge is 0.147 e. The van der Waals surface area contributed by atoms with Gasteiger partial charge in [-0.2, -0.15) is 0 Å². The van der Waals surface area contributed by atoms with Crippen LogP contribution >= 0.6 is 0 Å². The quantitative estimate of drug-likeness (QED) is 0.885. The van der Waals surface area contributed by atoms with Crippen LogP contribution in [0.1, 0.15) is 46.2 Å². The third-order valence-corrected chi connectivity index (χ3v) is 3.75. The van der Waals surface area contributed by atoms with Crippen LogP contribution in [0.5, 0.6) is 0 Å². The summed E-state index contributed by atoms with van der Waals surface area (Å²) in [6.45, 7) is 10.8. The maximum atomic E-state index is 4.59. The van der Waals surface area contributed by atoms with Gasteiger partial charge in [0.1, 0.15) is 5.82 Å². The SMILES string of the molecule is CC(C)NCc1cnc(N2CCCC2C(C)C)cn1. The lowest BCUT2D eigenvalue weighted by atomic mass is 10.0. The van der Waals surface area contributed by atoms with Crippen LogP contribution in [0.25, 0.3) is 0 Å². The van der Waals surface area contributed by atoms with E-state index in [2.05, 4.69) is 47.9 Å². The molecule has 1 saturated heterocycles. The van der Waals surface area contributed by atoms with Gasteiger partial charge in [-0.1, -0.05) is 27.7 Å². The van der Waals surface area contributed by atoms with Crippen molar-refractivity contribution in [1.29, 1.82) is 0 Å². The second-order valence-electron chi connectivity index (χ2n) is 6.05. The highest BCUT2D eigenvalue weighted by Gasteiger charge is 2.28. The van der Waals surface area contributed by atoms with E-state index in [1.54, 1.807) is 0 Å². The largest absolute Gasteiger partial charge is 0.352 e. The Morgan fingerprint density at radius 3 is 2.63 bits per heavy atom. The highest BCUT2D eigenvalue weighted by atomic mass is 15.2. The summed E-state index contributed by atoms with van der Waals surface area (Å²) in [7, 11) is 0. The van der Waals surface area contributed by atoms with Gasteiger partial charge in [-0.15, -0.1) is 0 Å². The third kappa shape index (κ3) is 3.66. The van der Waals surface area contributed by atoms with Gasteiger partial charge in [0.05, 0.1) is 18.1 Å². The van der Waals surface area contributed by atoms with Crippen molar-refractivity contribution in [3.8, 4) is 0 Å². The van der Waals surface area contributed by atoms with Crippen molar-refractivity contribution in [2.75, 3.05) is 11.4 Å². The molecule has 0 spiro atoms. The first-order chi connectivity index (χ1) is 9.08. The molecule has 0 amide bonds. The third-order valence-electron chi connectivity index (χ3n) is 3.75. The van der Waals surface area contributed by atoms with Gasteiger partial charge < -0.3 is 10.2 Å². The Morgan fingerprint density at radius 1 is 1.26 bits per heavy atom. The molecule has 0 bridgehead atoms. The molecule has 1 atom stereocenters. The van der Waals surface area contributed by atoms with Crippen LogP contribution in [-0.4, -0.2) is 28.6 Å². The second kappa shape index (κ2) is 6.33. The Balaban J connectivity index is 2.01. The first-order valence-electron chi connectivity index (χ1n) is 7.39. The normalized spacial score (nSPS) is 19.7. The number of nitrogens with zero attached hydrogens (tertiary/aromatic N) is 3. The monoisotopic (exact) mass is 262 g/mol. The van der Waals surface area contributed by atoms with Gasteiger partial charge in [0.25, 0.3) is 0 Å². The van der Waals surface area contributed by atoms with Crippen LogP contribution in [0.15, 0.2) is 12.4 Å². The lowest BCUT2D eigenvalue weighted by molar-refractivity contribution is 0.489. The summed E-state index contributed by atoms with van der Waals surface area (Å²) in [5.74, 6) is 1.70. The van der Waals surface area contributed by atoms with E-state index in [1.165, 1.54) is 12.8 Å². The summed E-state index contributed by atoms with van der Waals surface area (Å²) in [5.41, 5.74) is 1.01. The second-order valence-corrected chi connectivity index (χ2v) is 6.05. The molecular formula is C15H26N4. The van der Waals surface area contributed by atoms with Gasteiger partial charge in [0, 0.05) is 25.2 Å². The van der Waals surface area contributed by atoms with Crippen LogP contribution in [0.2, 0.25) is 0 Å². The first-order valence-corrected chi connectivity index (χ1v) is 7.39. The molecule has 1 fully saturated rings. The zero-order chi connectivity index (χ0) is 13.8. The number of nitrogens with one attached hydrogen (secondary N) is 1. The Kier molecular flexibility index (Phi) is 4.75. The van der Waals surface area contributed by atoms with Crippen LogP contribution in [0.3, 0.4) is 0 Å². The molecule has 0 radical (unpaired) electrons. The zero-order valence-corrected chi connectivity index (χ0v) is 12.6. The minimum Gasteiger partial charge on any atom is -0.352 e. The Morgan fingerprint density at radius 2 is 2.05 bits per heavy atom. The summed E-state index contributed by atoms with van der Waals surface area (Å²) in [4.78, 5) is 11.5. The summed E-state index contributed by atoms with van der Waals surface area (Å²) in [6, 6.07) is 1.10. The molecule has 2 heterocycles. The van der Waals surface area contributed by atoms with Gasteiger partial charge in [-0.05, 0) is 18.8 Å². The summed E-state index contributed by atoms with van der Waals surface area (Å²) in [6.07, 6.45) is 6.37. The molecular weight excluding hydrogens is 236 g/mol. The van der Waals surface area contributed by atoms with Crippen molar-refractivity contribution < 1.29 is 0 Å². The molecule has 19 heavy (non-hydrogen) atoms. The van der Waals surface area contributed by atoms with Gasteiger partial charge >= 0.3 is 0 Å². The Hall–Kier alpha value is -1.16. The minimum atomic E-state index is 0.477. The number of hydrogen-bond acceptors (Lipinski definition) is 4. The van der Waals surface area contributed by atoms with Crippen molar-refractivity contribution in [2.24, 2.45) is 5.92 Å². The molecule has 0 aliphatic carbocycles. The molecule has 1 N–H and O–H groups in total.